The summed E-state index contributed by atoms with van der Waals surface area (Å²) in [6, 6.07) is 2.00. The van der Waals surface area contributed by atoms with Crippen LogP contribution in [-0.4, -0.2) is 35.1 Å². The molecule has 108 valence electrons. The molecule has 2 N–H and O–H groups in total. The molecule has 0 spiro atoms. The van der Waals surface area contributed by atoms with Gasteiger partial charge in [0.1, 0.15) is 5.82 Å². The molecule has 1 aromatic heterocycles. The third-order valence-corrected chi connectivity index (χ3v) is 3.42. The van der Waals surface area contributed by atoms with Gasteiger partial charge >= 0.3 is 0 Å². The van der Waals surface area contributed by atoms with E-state index in [1.807, 2.05) is 24.8 Å². The van der Waals surface area contributed by atoms with Crippen molar-refractivity contribution in [2.24, 2.45) is 0 Å². The van der Waals surface area contributed by atoms with Gasteiger partial charge in [0.05, 0.1) is 0 Å². The van der Waals surface area contributed by atoms with Gasteiger partial charge in [-0.2, -0.15) is 16.7 Å². The lowest BCUT2D eigenvalue weighted by atomic mass is 10.2. The Morgan fingerprint density at radius 2 is 1.95 bits per heavy atom. The largest absolute Gasteiger partial charge is 0.370 e. The average Bonchev–Trinajstić information content (AvgIpc) is 2.40. The topological polar surface area (TPSA) is 49.8 Å². The summed E-state index contributed by atoms with van der Waals surface area (Å²) in [6.45, 7) is 6.04. The fourth-order valence-electron chi connectivity index (χ4n) is 1.74. The van der Waals surface area contributed by atoms with Gasteiger partial charge in [0.25, 0.3) is 0 Å². The molecule has 4 nitrogen and oxygen atoms in total. The van der Waals surface area contributed by atoms with Crippen molar-refractivity contribution in [2.45, 2.75) is 39.5 Å². The molecule has 0 fully saturated rings. The highest BCUT2D eigenvalue weighted by Gasteiger charge is 2.01. The van der Waals surface area contributed by atoms with E-state index >= 15 is 0 Å². The quantitative estimate of drug-likeness (QED) is 0.643. The van der Waals surface area contributed by atoms with Crippen molar-refractivity contribution >= 4 is 23.5 Å². The Morgan fingerprint density at radius 1 is 1.11 bits per heavy atom. The number of anilines is 2. The fraction of sp³-hybridized carbons (Fsp3) is 0.714. The maximum Gasteiger partial charge on any atom is 0.224 e. The van der Waals surface area contributed by atoms with E-state index in [2.05, 4.69) is 33.8 Å². The van der Waals surface area contributed by atoms with Crippen LogP contribution in [0.4, 0.5) is 11.8 Å². The van der Waals surface area contributed by atoms with E-state index < -0.39 is 0 Å². The SMILES string of the molecule is CCCNc1nc(C)cc(NCCCCCSC)n1. The number of hydrogen-bond acceptors (Lipinski definition) is 5. The van der Waals surface area contributed by atoms with Crippen molar-refractivity contribution < 1.29 is 0 Å². The highest BCUT2D eigenvalue weighted by atomic mass is 32.2. The van der Waals surface area contributed by atoms with Crippen molar-refractivity contribution in [2.75, 3.05) is 35.7 Å². The second-order valence-electron chi connectivity index (χ2n) is 4.63. The Kier molecular flexibility index (Phi) is 8.38. The maximum absolute atomic E-state index is 4.47. The molecule has 5 heteroatoms. The maximum atomic E-state index is 4.47. The van der Waals surface area contributed by atoms with Gasteiger partial charge < -0.3 is 10.6 Å². The lowest BCUT2D eigenvalue weighted by molar-refractivity contribution is 0.748. The molecule has 0 aliphatic rings. The number of nitrogens with one attached hydrogen (secondary N) is 2. The zero-order valence-electron chi connectivity index (χ0n) is 12.3. The number of aryl methyl sites for hydroxylation is 1. The molecular formula is C14H26N4S. The normalized spacial score (nSPS) is 10.5. The first-order valence-corrected chi connectivity index (χ1v) is 8.48. The van der Waals surface area contributed by atoms with Gasteiger partial charge in [0, 0.05) is 24.8 Å². The first-order valence-electron chi connectivity index (χ1n) is 7.08. The van der Waals surface area contributed by atoms with Crippen molar-refractivity contribution in [3.63, 3.8) is 0 Å². The zero-order valence-corrected chi connectivity index (χ0v) is 13.1. The van der Waals surface area contributed by atoms with E-state index in [9.17, 15) is 0 Å². The number of thioether (sulfide) groups is 1. The van der Waals surface area contributed by atoms with E-state index in [1.165, 1.54) is 25.0 Å². The van der Waals surface area contributed by atoms with Crippen LogP contribution in [0.5, 0.6) is 0 Å². The van der Waals surface area contributed by atoms with Crippen LogP contribution in [0.3, 0.4) is 0 Å². The molecule has 0 unspecified atom stereocenters. The Labute approximate surface area is 121 Å². The van der Waals surface area contributed by atoms with Crippen LogP contribution in [0.25, 0.3) is 0 Å². The number of unbranched alkanes of at least 4 members (excludes halogenated alkanes) is 2. The fourth-order valence-corrected chi connectivity index (χ4v) is 2.23. The van der Waals surface area contributed by atoms with Crippen LogP contribution < -0.4 is 10.6 Å². The van der Waals surface area contributed by atoms with Gasteiger partial charge in [0.2, 0.25) is 5.95 Å². The molecule has 0 aliphatic heterocycles. The molecule has 0 bridgehead atoms. The summed E-state index contributed by atoms with van der Waals surface area (Å²) in [7, 11) is 0. The molecule has 1 heterocycles. The molecule has 0 radical (unpaired) electrons. The zero-order chi connectivity index (χ0) is 13.9. The second kappa shape index (κ2) is 9.89. The first kappa shape index (κ1) is 16.1. The Balaban J connectivity index is 2.34. The minimum Gasteiger partial charge on any atom is -0.370 e. The molecule has 1 rings (SSSR count). The number of rotatable bonds is 10. The predicted molar refractivity (Wildman–Crippen MR) is 86.3 cm³/mol. The molecule has 0 aliphatic carbocycles. The van der Waals surface area contributed by atoms with Gasteiger partial charge in [-0.25, -0.2) is 4.98 Å². The number of aromatic nitrogens is 2. The Morgan fingerprint density at radius 3 is 2.68 bits per heavy atom. The van der Waals surface area contributed by atoms with Crippen molar-refractivity contribution in [1.29, 1.82) is 0 Å². The Bertz CT molecular complexity index is 357. The van der Waals surface area contributed by atoms with E-state index in [4.69, 9.17) is 0 Å². The van der Waals surface area contributed by atoms with Gasteiger partial charge in [-0.3, -0.25) is 0 Å². The highest BCUT2D eigenvalue weighted by Crippen LogP contribution is 2.10. The molecule has 0 amide bonds. The van der Waals surface area contributed by atoms with Gasteiger partial charge in [-0.1, -0.05) is 13.3 Å². The third-order valence-electron chi connectivity index (χ3n) is 2.72. The van der Waals surface area contributed by atoms with Gasteiger partial charge in [-0.05, 0) is 38.2 Å². The lowest BCUT2D eigenvalue weighted by Crippen LogP contribution is -2.09. The summed E-state index contributed by atoms with van der Waals surface area (Å²) in [5.74, 6) is 2.92. The highest BCUT2D eigenvalue weighted by molar-refractivity contribution is 7.98. The summed E-state index contributed by atoms with van der Waals surface area (Å²) in [5.41, 5.74) is 0.999. The number of nitrogens with zero attached hydrogens (tertiary/aromatic N) is 2. The van der Waals surface area contributed by atoms with Crippen molar-refractivity contribution in [1.82, 2.24) is 9.97 Å². The standard InChI is InChI=1S/C14H26N4S/c1-4-8-16-14-17-12(2)11-13(18-14)15-9-6-5-7-10-19-3/h11H,4-10H2,1-3H3,(H2,15,16,17,18). The molecule has 1 aromatic rings. The molecular weight excluding hydrogens is 256 g/mol. The van der Waals surface area contributed by atoms with Crippen LogP contribution in [0.2, 0.25) is 0 Å². The van der Waals surface area contributed by atoms with Crippen LogP contribution in [-0.2, 0) is 0 Å². The van der Waals surface area contributed by atoms with E-state index in [0.717, 1.165) is 37.0 Å². The molecule has 19 heavy (non-hydrogen) atoms. The second-order valence-corrected chi connectivity index (χ2v) is 5.61. The molecule has 0 aromatic carbocycles. The van der Waals surface area contributed by atoms with Crippen LogP contribution in [0.1, 0.15) is 38.3 Å². The van der Waals surface area contributed by atoms with Crippen LogP contribution in [0, 0.1) is 6.92 Å². The summed E-state index contributed by atoms with van der Waals surface area (Å²) < 4.78 is 0. The minimum absolute atomic E-state index is 0.728. The monoisotopic (exact) mass is 282 g/mol. The van der Waals surface area contributed by atoms with Crippen molar-refractivity contribution in [3.8, 4) is 0 Å². The lowest BCUT2D eigenvalue weighted by Gasteiger charge is -2.09. The number of hydrogen-bond donors (Lipinski definition) is 2. The molecule has 0 saturated heterocycles. The van der Waals surface area contributed by atoms with E-state index in [0.29, 0.717) is 0 Å². The molecule has 0 atom stereocenters. The predicted octanol–water partition coefficient (Wildman–Crippen LogP) is 3.55. The molecule has 0 saturated carbocycles. The van der Waals surface area contributed by atoms with E-state index in [1.54, 1.807) is 0 Å². The Hall–Kier alpha value is -0.970. The first-order chi connectivity index (χ1) is 9.26. The third kappa shape index (κ3) is 7.25. The van der Waals surface area contributed by atoms with Gasteiger partial charge in [-0.15, -0.1) is 0 Å². The van der Waals surface area contributed by atoms with Gasteiger partial charge in [0.15, 0.2) is 0 Å². The summed E-state index contributed by atoms with van der Waals surface area (Å²) in [5, 5.41) is 6.61. The van der Waals surface area contributed by atoms with Crippen LogP contribution >= 0.6 is 11.8 Å². The average molecular weight is 282 g/mol. The smallest absolute Gasteiger partial charge is 0.224 e. The summed E-state index contributed by atoms with van der Waals surface area (Å²) in [6.07, 6.45) is 7.01. The summed E-state index contributed by atoms with van der Waals surface area (Å²) in [4.78, 5) is 8.84. The van der Waals surface area contributed by atoms with Crippen molar-refractivity contribution in [3.05, 3.63) is 11.8 Å². The minimum atomic E-state index is 0.728. The van der Waals surface area contributed by atoms with Crippen LogP contribution in [0.15, 0.2) is 6.07 Å². The summed E-state index contributed by atoms with van der Waals surface area (Å²) >= 11 is 1.92. The van der Waals surface area contributed by atoms with E-state index in [-0.39, 0.29) is 0 Å².